The predicted octanol–water partition coefficient (Wildman–Crippen LogP) is 5.12. The lowest BCUT2D eigenvalue weighted by molar-refractivity contribution is 0.147. The number of likely N-dealkylation sites (tertiary alicyclic amines) is 1. The van der Waals surface area contributed by atoms with Crippen molar-refractivity contribution in [3.8, 4) is 16.9 Å². The Hall–Kier alpha value is -3.44. The van der Waals surface area contributed by atoms with Gasteiger partial charge in [0.25, 0.3) is 0 Å². The highest BCUT2D eigenvalue weighted by Crippen LogP contribution is 2.28. The molecule has 3 aromatic carbocycles. The van der Waals surface area contributed by atoms with Crippen molar-refractivity contribution in [2.45, 2.75) is 6.42 Å². The number of benzene rings is 3. The van der Waals surface area contributed by atoms with Crippen molar-refractivity contribution in [3.05, 3.63) is 79.0 Å². The van der Waals surface area contributed by atoms with Crippen LogP contribution in [0.2, 0.25) is 0 Å². The molecule has 5 rings (SSSR count). The lowest BCUT2D eigenvalue weighted by Crippen LogP contribution is -2.39. The molecule has 5 heteroatoms. The van der Waals surface area contributed by atoms with Crippen molar-refractivity contribution in [1.29, 1.82) is 0 Å². The van der Waals surface area contributed by atoms with Crippen molar-refractivity contribution in [2.75, 3.05) is 31.6 Å². The lowest BCUT2D eigenvalue weighted by atomic mass is 10.0. The van der Waals surface area contributed by atoms with E-state index in [4.69, 9.17) is 9.72 Å². The molecule has 150 valence electrons. The van der Waals surface area contributed by atoms with Crippen LogP contribution in [0.15, 0.2) is 79.0 Å². The van der Waals surface area contributed by atoms with Gasteiger partial charge in [0.05, 0.1) is 5.52 Å². The number of nitrogens with zero attached hydrogens (tertiary/aromatic N) is 3. The third kappa shape index (κ3) is 4.11. The molecule has 0 atom stereocenters. The van der Waals surface area contributed by atoms with E-state index >= 15 is 0 Å². The smallest absolute Gasteiger partial charge is 0.227 e. The average molecular weight is 396 g/mol. The topological polar surface area (TPSA) is 50.3 Å². The summed E-state index contributed by atoms with van der Waals surface area (Å²) < 4.78 is 5.84. The van der Waals surface area contributed by atoms with Gasteiger partial charge in [0, 0.05) is 29.4 Å². The highest BCUT2D eigenvalue weighted by atomic mass is 16.5. The van der Waals surface area contributed by atoms with Crippen LogP contribution in [0, 0.1) is 0 Å². The lowest BCUT2D eigenvalue weighted by Gasteiger charge is -2.30. The summed E-state index contributed by atoms with van der Waals surface area (Å²) in [7, 11) is 0. The molecule has 0 saturated carbocycles. The molecule has 1 fully saturated rings. The molecular weight excluding hydrogens is 372 g/mol. The van der Waals surface area contributed by atoms with E-state index in [0.29, 0.717) is 5.95 Å². The highest BCUT2D eigenvalue weighted by molar-refractivity contribution is 5.93. The van der Waals surface area contributed by atoms with Gasteiger partial charge in [-0.1, -0.05) is 48.5 Å². The van der Waals surface area contributed by atoms with E-state index in [1.54, 1.807) is 0 Å². The van der Waals surface area contributed by atoms with E-state index in [-0.39, 0.29) is 0 Å². The molecule has 1 saturated heterocycles. The molecule has 0 bridgehead atoms. The van der Waals surface area contributed by atoms with Gasteiger partial charge in [0.2, 0.25) is 5.95 Å². The number of nitrogens with one attached hydrogen (secondary N) is 1. The fraction of sp³-hybridized carbons (Fsp3) is 0.200. The number of anilines is 2. The first-order valence-corrected chi connectivity index (χ1v) is 10.4. The van der Waals surface area contributed by atoms with E-state index in [1.165, 1.54) is 19.5 Å². The van der Waals surface area contributed by atoms with Gasteiger partial charge in [-0.3, -0.25) is 4.90 Å². The maximum Gasteiger partial charge on any atom is 0.227 e. The van der Waals surface area contributed by atoms with Gasteiger partial charge in [0.1, 0.15) is 12.4 Å². The van der Waals surface area contributed by atoms with Gasteiger partial charge in [0.15, 0.2) is 0 Å². The molecule has 30 heavy (non-hydrogen) atoms. The number of aromatic nitrogens is 2. The average Bonchev–Trinajstić information content (AvgIpc) is 2.77. The first-order valence-electron chi connectivity index (χ1n) is 10.4. The van der Waals surface area contributed by atoms with E-state index in [1.807, 2.05) is 60.8 Å². The number of para-hydroxylation sites is 1. The summed E-state index contributed by atoms with van der Waals surface area (Å²) in [5.74, 6) is 1.46. The molecule has 1 aromatic heterocycles. The van der Waals surface area contributed by atoms with E-state index in [0.717, 1.165) is 46.6 Å². The molecule has 2 heterocycles. The predicted molar refractivity (Wildman–Crippen MR) is 121 cm³/mol. The van der Waals surface area contributed by atoms with E-state index < -0.39 is 0 Å². The number of ether oxygens (including phenoxy) is 1. The van der Waals surface area contributed by atoms with Gasteiger partial charge in [-0.2, -0.15) is 0 Å². The van der Waals surface area contributed by atoms with Crippen LogP contribution >= 0.6 is 0 Å². The largest absolute Gasteiger partial charge is 0.492 e. The Balaban J connectivity index is 1.31. The molecule has 0 radical (unpaired) electrons. The van der Waals surface area contributed by atoms with Crippen molar-refractivity contribution in [3.63, 3.8) is 0 Å². The van der Waals surface area contributed by atoms with Crippen LogP contribution < -0.4 is 10.1 Å². The quantitative estimate of drug-likeness (QED) is 0.470. The zero-order chi connectivity index (χ0) is 20.2. The van der Waals surface area contributed by atoms with Gasteiger partial charge >= 0.3 is 0 Å². The minimum Gasteiger partial charge on any atom is -0.492 e. The molecule has 1 aliphatic heterocycles. The molecule has 4 aromatic rings. The summed E-state index contributed by atoms with van der Waals surface area (Å²) in [6.45, 7) is 4.12. The number of fused-ring (bicyclic) bond motifs is 1. The second-order valence-electron chi connectivity index (χ2n) is 7.50. The van der Waals surface area contributed by atoms with Crippen LogP contribution in [-0.4, -0.2) is 41.1 Å². The van der Waals surface area contributed by atoms with E-state index in [9.17, 15) is 0 Å². The molecule has 1 aliphatic rings. The third-order valence-corrected chi connectivity index (χ3v) is 5.43. The Morgan fingerprint density at radius 1 is 0.900 bits per heavy atom. The van der Waals surface area contributed by atoms with Crippen molar-refractivity contribution in [2.24, 2.45) is 0 Å². The Labute approximate surface area is 176 Å². The summed E-state index contributed by atoms with van der Waals surface area (Å²) in [4.78, 5) is 11.7. The van der Waals surface area contributed by atoms with Crippen molar-refractivity contribution in [1.82, 2.24) is 14.9 Å². The molecule has 0 amide bonds. The third-order valence-electron chi connectivity index (χ3n) is 5.43. The van der Waals surface area contributed by atoms with Crippen LogP contribution in [0.5, 0.6) is 5.75 Å². The Kier molecular flexibility index (Phi) is 5.27. The standard InChI is InChI=1S/C25H24N4O/c1-2-6-19(7-3-1)23-9-4-8-20-18-26-25(28-24(20)23)27-21-10-12-22(13-11-21)30-17-16-29-14-5-15-29/h1-4,6-13,18H,5,14-17H2,(H,26,27,28). The zero-order valence-corrected chi connectivity index (χ0v) is 16.8. The molecule has 1 N–H and O–H groups in total. The first-order chi connectivity index (χ1) is 14.8. The van der Waals surface area contributed by atoms with Crippen molar-refractivity contribution < 1.29 is 4.74 Å². The van der Waals surface area contributed by atoms with Gasteiger partial charge < -0.3 is 10.1 Å². The molecule has 0 spiro atoms. The summed E-state index contributed by atoms with van der Waals surface area (Å²) in [5.41, 5.74) is 4.12. The van der Waals surface area contributed by atoms with Crippen LogP contribution in [0.25, 0.3) is 22.0 Å². The Morgan fingerprint density at radius 3 is 2.50 bits per heavy atom. The second-order valence-corrected chi connectivity index (χ2v) is 7.50. The Bertz CT molecular complexity index is 1120. The Morgan fingerprint density at radius 2 is 1.73 bits per heavy atom. The van der Waals surface area contributed by atoms with Gasteiger partial charge in [-0.25, -0.2) is 9.97 Å². The van der Waals surface area contributed by atoms with Crippen molar-refractivity contribution >= 4 is 22.5 Å². The summed E-state index contributed by atoms with van der Waals surface area (Å²) in [5, 5.41) is 4.33. The van der Waals surface area contributed by atoms with Crippen LogP contribution in [-0.2, 0) is 0 Å². The SMILES string of the molecule is c1ccc(-c2cccc3cnc(Nc4ccc(OCCN5CCC5)cc4)nc23)cc1. The van der Waals surface area contributed by atoms with Gasteiger partial charge in [-0.05, 0) is 49.3 Å². The minimum atomic E-state index is 0.581. The molecule has 0 aliphatic carbocycles. The van der Waals surface area contributed by atoms with Crippen LogP contribution in [0.3, 0.4) is 0 Å². The fourth-order valence-electron chi connectivity index (χ4n) is 3.63. The monoisotopic (exact) mass is 396 g/mol. The minimum absolute atomic E-state index is 0.581. The maximum absolute atomic E-state index is 5.84. The zero-order valence-electron chi connectivity index (χ0n) is 16.8. The number of hydrogen-bond acceptors (Lipinski definition) is 5. The summed E-state index contributed by atoms with van der Waals surface area (Å²) >= 11 is 0. The summed E-state index contributed by atoms with van der Waals surface area (Å²) in [6, 6.07) is 24.4. The van der Waals surface area contributed by atoms with Gasteiger partial charge in [-0.15, -0.1) is 0 Å². The fourth-order valence-corrected chi connectivity index (χ4v) is 3.63. The number of hydrogen-bond donors (Lipinski definition) is 1. The molecule has 5 nitrogen and oxygen atoms in total. The second kappa shape index (κ2) is 8.51. The number of rotatable bonds is 7. The molecule has 0 unspecified atom stereocenters. The molecular formula is C25H24N4O. The normalized spacial score (nSPS) is 13.7. The van der Waals surface area contributed by atoms with Crippen LogP contribution in [0.4, 0.5) is 11.6 Å². The summed E-state index contributed by atoms with van der Waals surface area (Å²) in [6.07, 6.45) is 3.18. The van der Waals surface area contributed by atoms with E-state index in [2.05, 4.69) is 33.4 Å². The first kappa shape index (κ1) is 18.6. The highest BCUT2D eigenvalue weighted by Gasteiger charge is 2.12. The van der Waals surface area contributed by atoms with Crippen LogP contribution in [0.1, 0.15) is 6.42 Å². The maximum atomic E-state index is 5.84.